The topological polar surface area (TPSA) is 63.0 Å². The van der Waals surface area contributed by atoms with Crippen LogP contribution in [0.2, 0.25) is 0 Å². The number of thioether (sulfide) groups is 1. The van der Waals surface area contributed by atoms with Crippen LogP contribution >= 0.6 is 11.8 Å². The van der Waals surface area contributed by atoms with Crippen LogP contribution in [0, 0.1) is 5.92 Å². The summed E-state index contributed by atoms with van der Waals surface area (Å²) in [5.74, 6) is 1.22. The Kier molecular flexibility index (Phi) is 5.50. The highest BCUT2D eigenvalue weighted by Gasteiger charge is 2.44. The lowest BCUT2D eigenvalue weighted by atomic mass is 10.1. The van der Waals surface area contributed by atoms with Crippen molar-refractivity contribution in [3.05, 3.63) is 24.2 Å². The third-order valence-electron chi connectivity index (χ3n) is 4.34. The fourth-order valence-electron chi connectivity index (χ4n) is 3.13. The number of carbonyl (C=O) groups excluding carboxylic acids is 2. The van der Waals surface area contributed by atoms with Gasteiger partial charge in [-0.15, -0.1) is 11.8 Å². The number of rotatable bonds is 4. The number of ether oxygens (including phenoxy) is 1. The molecule has 2 amide bonds. The van der Waals surface area contributed by atoms with E-state index in [-0.39, 0.29) is 17.2 Å². The van der Waals surface area contributed by atoms with Crippen molar-refractivity contribution in [3.63, 3.8) is 0 Å². The Bertz CT molecular complexity index is 569. The van der Waals surface area contributed by atoms with Crippen molar-refractivity contribution in [3.8, 4) is 0 Å². The molecule has 6 nitrogen and oxygen atoms in total. The Morgan fingerprint density at radius 2 is 2.08 bits per heavy atom. The van der Waals surface area contributed by atoms with E-state index in [0.29, 0.717) is 43.7 Å². The van der Waals surface area contributed by atoms with Crippen LogP contribution in [0.25, 0.3) is 0 Å². The smallest absolute Gasteiger partial charge is 0.291 e. The first kappa shape index (κ1) is 17.4. The maximum absolute atomic E-state index is 12.9. The summed E-state index contributed by atoms with van der Waals surface area (Å²) in [6, 6.07) is 2.94. The van der Waals surface area contributed by atoms with Crippen molar-refractivity contribution in [2.24, 2.45) is 5.92 Å². The van der Waals surface area contributed by atoms with Gasteiger partial charge in [0, 0.05) is 18.8 Å². The summed E-state index contributed by atoms with van der Waals surface area (Å²) in [4.78, 5) is 29.4. The SMILES string of the molecule is CC(C)CC1SCC(C(=O)N2CCOCC2)N1C(=O)c1ccco1. The molecule has 3 rings (SSSR count). The predicted octanol–water partition coefficient (Wildman–Crippen LogP) is 2.07. The molecule has 2 atom stereocenters. The molecule has 0 saturated carbocycles. The molecule has 1 aromatic heterocycles. The third kappa shape index (κ3) is 3.62. The maximum Gasteiger partial charge on any atom is 0.291 e. The molecule has 0 aromatic carbocycles. The molecule has 132 valence electrons. The van der Waals surface area contributed by atoms with E-state index in [0.717, 1.165) is 6.42 Å². The molecular weight excluding hydrogens is 328 g/mol. The van der Waals surface area contributed by atoms with Crippen LogP contribution in [-0.2, 0) is 9.53 Å². The summed E-state index contributed by atoms with van der Waals surface area (Å²) in [7, 11) is 0. The molecule has 2 fully saturated rings. The summed E-state index contributed by atoms with van der Waals surface area (Å²) < 4.78 is 10.6. The fraction of sp³-hybridized carbons (Fsp3) is 0.647. The largest absolute Gasteiger partial charge is 0.459 e. The zero-order valence-electron chi connectivity index (χ0n) is 14.1. The first-order valence-corrected chi connectivity index (χ1v) is 9.47. The van der Waals surface area contributed by atoms with Gasteiger partial charge in [0.25, 0.3) is 5.91 Å². The second kappa shape index (κ2) is 7.61. The Balaban J connectivity index is 1.81. The van der Waals surface area contributed by atoms with E-state index in [1.807, 2.05) is 4.90 Å². The van der Waals surface area contributed by atoms with Crippen LogP contribution in [-0.4, -0.2) is 65.1 Å². The minimum absolute atomic E-state index is 0.0117. The zero-order valence-corrected chi connectivity index (χ0v) is 15.0. The monoisotopic (exact) mass is 352 g/mol. The van der Waals surface area contributed by atoms with E-state index < -0.39 is 6.04 Å². The normalized spacial score (nSPS) is 24.6. The van der Waals surface area contributed by atoms with E-state index in [1.165, 1.54) is 6.26 Å². The molecule has 0 spiro atoms. The van der Waals surface area contributed by atoms with Crippen LogP contribution in [0.15, 0.2) is 22.8 Å². The molecule has 0 radical (unpaired) electrons. The second-order valence-electron chi connectivity index (χ2n) is 6.56. The van der Waals surface area contributed by atoms with Crippen LogP contribution in [0.1, 0.15) is 30.8 Å². The summed E-state index contributed by atoms with van der Waals surface area (Å²) in [6.07, 6.45) is 2.36. The van der Waals surface area contributed by atoms with Gasteiger partial charge in [-0.05, 0) is 24.5 Å². The lowest BCUT2D eigenvalue weighted by molar-refractivity contribution is -0.139. The molecule has 2 saturated heterocycles. The van der Waals surface area contributed by atoms with Gasteiger partial charge < -0.3 is 19.0 Å². The molecular formula is C17H24N2O4S. The Labute approximate surface area is 146 Å². The van der Waals surface area contributed by atoms with E-state index in [9.17, 15) is 9.59 Å². The zero-order chi connectivity index (χ0) is 17.1. The molecule has 0 bridgehead atoms. The highest BCUT2D eigenvalue weighted by molar-refractivity contribution is 8.00. The quantitative estimate of drug-likeness (QED) is 0.830. The van der Waals surface area contributed by atoms with Gasteiger partial charge >= 0.3 is 0 Å². The summed E-state index contributed by atoms with van der Waals surface area (Å²) in [5.41, 5.74) is 0. The van der Waals surface area contributed by atoms with Crippen molar-refractivity contribution in [1.29, 1.82) is 0 Å². The molecule has 0 aliphatic carbocycles. The molecule has 3 heterocycles. The number of nitrogens with zero attached hydrogens (tertiary/aromatic N) is 2. The fourth-order valence-corrected chi connectivity index (χ4v) is 4.76. The predicted molar refractivity (Wildman–Crippen MR) is 91.8 cm³/mol. The standard InChI is InChI=1S/C17H24N2O4S/c1-12(2)10-15-19(17(21)14-4-3-7-23-14)13(11-24-15)16(20)18-5-8-22-9-6-18/h3-4,7,12-13,15H,5-6,8-11H2,1-2H3. The van der Waals surface area contributed by atoms with Crippen molar-refractivity contribution in [2.45, 2.75) is 31.7 Å². The van der Waals surface area contributed by atoms with Gasteiger partial charge in [-0.2, -0.15) is 0 Å². The first-order valence-electron chi connectivity index (χ1n) is 8.42. The molecule has 1 aromatic rings. The van der Waals surface area contributed by atoms with E-state index >= 15 is 0 Å². The van der Waals surface area contributed by atoms with Crippen LogP contribution in [0.4, 0.5) is 0 Å². The average molecular weight is 352 g/mol. The number of morpholine rings is 1. The van der Waals surface area contributed by atoms with Gasteiger partial charge in [-0.25, -0.2) is 0 Å². The van der Waals surface area contributed by atoms with Gasteiger partial charge in [-0.1, -0.05) is 13.8 Å². The number of carbonyl (C=O) groups is 2. The Morgan fingerprint density at radius 3 is 2.71 bits per heavy atom. The molecule has 2 unspecified atom stereocenters. The van der Waals surface area contributed by atoms with E-state index in [4.69, 9.17) is 9.15 Å². The highest BCUT2D eigenvalue weighted by atomic mass is 32.2. The Hall–Kier alpha value is -1.47. The van der Waals surface area contributed by atoms with Crippen molar-refractivity contribution in [1.82, 2.24) is 9.80 Å². The number of hydrogen-bond donors (Lipinski definition) is 0. The van der Waals surface area contributed by atoms with Gasteiger partial charge in [-0.3, -0.25) is 9.59 Å². The van der Waals surface area contributed by atoms with Crippen molar-refractivity contribution >= 4 is 23.6 Å². The molecule has 2 aliphatic heterocycles. The lowest BCUT2D eigenvalue weighted by Crippen LogP contribution is -2.53. The number of amides is 2. The third-order valence-corrected chi connectivity index (χ3v) is 5.65. The summed E-state index contributed by atoms with van der Waals surface area (Å²) in [5, 5.41) is 0.0117. The summed E-state index contributed by atoms with van der Waals surface area (Å²) in [6.45, 7) is 6.58. The van der Waals surface area contributed by atoms with E-state index in [1.54, 1.807) is 28.8 Å². The first-order chi connectivity index (χ1) is 11.6. The lowest BCUT2D eigenvalue weighted by Gasteiger charge is -2.34. The van der Waals surface area contributed by atoms with E-state index in [2.05, 4.69) is 13.8 Å². The number of hydrogen-bond acceptors (Lipinski definition) is 5. The molecule has 2 aliphatic rings. The molecule has 24 heavy (non-hydrogen) atoms. The Morgan fingerprint density at radius 1 is 1.33 bits per heavy atom. The molecule has 0 N–H and O–H groups in total. The van der Waals surface area contributed by atoms with Gasteiger partial charge in [0.15, 0.2) is 5.76 Å². The highest BCUT2D eigenvalue weighted by Crippen LogP contribution is 2.35. The van der Waals surface area contributed by atoms with Crippen LogP contribution in [0.3, 0.4) is 0 Å². The van der Waals surface area contributed by atoms with Crippen molar-refractivity contribution < 1.29 is 18.7 Å². The average Bonchev–Trinajstić information content (AvgIpc) is 3.24. The maximum atomic E-state index is 12.9. The second-order valence-corrected chi connectivity index (χ2v) is 7.77. The van der Waals surface area contributed by atoms with Gasteiger partial charge in [0.2, 0.25) is 5.91 Å². The van der Waals surface area contributed by atoms with Gasteiger partial charge in [0.05, 0.1) is 24.9 Å². The van der Waals surface area contributed by atoms with Gasteiger partial charge in [0.1, 0.15) is 6.04 Å². The summed E-state index contributed by atoms with van der Waals surface area (Å²) >= 11 is 1.69. The van der Waals surface area contributed by atoms with Crippen LogP contribution < -0.4 is 0 Å². The van der Waals surface area contributed by atoms with Crippen LogP contribution in [0.5, 0.6) is 0 Å². The minimum atomic E-state index is -0.422. The van der Waals surface area contributed by atoms with Crippen molar-refractivity contribution in [2.75, 3.05) is 32.1 Å². The molecule has 7 heteroatoms. The minimum Gasteiger partial charge on any atom is -0.459 e. The number of furan rings is 1.